The molecule has 0 aromatic heterocycles. The van der Waals surface area contributed by atoms with Crippen LogP contribution in [-0.4, -0.2) is 0 Å². The molecule has 4 unspecified atom stereocenters. The number of aryl methyl sites for hydroxylation is 2. The fourth-order valence-electron chi connectivity index (χ4n) is 11.5. The zero-order valence-electron chi connectivity index (χ0n) is 34.7. The van der Waals surface area contributed by atoms with E-state index in [1.807, 2.05) is 0 Å². The smallest absolute Gasteiger partial charge is 0.0540 e. The quantitative estimate of drug-likeness (QED) is 0.134. The van der Waals surface area contributed by atoms with Gasteiger partial charge in [-0.05, 0) is 167 Å². The van der Waals surface area contributed by atoms with Crippen molar-refractivity contribution in [3.05, 3.63) is 179 Å². The lowest BCUT2D eigenvalue weighted by molar-refractivity contribution is 0.420. The maximum absolute atomic E-state index is 2.56. The first-order chi connectivity index (χ1) is 28.6. The van der Waals surface area contributed by atoms with Crippen LogP contribution in [0.15, 0.2) is 146 Å². The largest absolute Gasteiger partial charge is 0.310 e. The van der Waals surface area contributed by atoms with Crippen molar-refractivity contribution in [1.29, 1.82) is 0 Å². The Hall–Kier alpha value is -5.14. The Morgan fingerprint density at radius 1 is 0.586 bits per heavy atom. The molecule has 1 heteroatoms. The van der Waals surface area contributed by atoms with Crippen LogP contribution in [0.2, 0.25) is 0 Å². The van der Waals surface area contributed by atoms with Crippen LogP contribution >= 0.6 is 0 Å². The van der Waals surface area contributed by atoms with Crippen LogP contribution < -0.4 is 4.90 Å². The summed E-state index contributed by atoms with van der Waals surface area (Å²) >= 11 is 0. The Morgan fingerprint density at radius 3 is 2.07 bits per heavy atom. The third-order valence-electron chi connectivity index (χ3n) is 14.7. The summed E-state index contributed by atoms with van der Waals surface area (Å²) in [7, 11) is 0. The topological polar surface area (TPSA) is 3.24 Å². The van der Waals surface area contributed by atoms with E-state index in [2.05, 4.69) is 164 Å². The predicted octanol–water partition coefficient (Wildman–Crippen LogP) is 16.2. The summed E-state index contributed by atoms with van der Waals surface area (Å²) < 4.78 is 0. The number of hydrogen-bond donors (Lipinski definition) is 0. The summed E-state index contributed by atoms with van der Waals surface area (Å²) in [6.45, 7) is 4.63. The SMILES string of the molecule is CCc1cc(C2=CCC(c3ccccc3)C=C2)ccc1-c1ccc(N(c2ccc(C3CC4CCC3C4)cc2)c2cccc3ccc(C4CCCCC4)cc23)cc1CC. The number of anilines is 3. The number of allylic oxidation sites excluding steroid dienone is 4. The van der Waals surface area contributed by atoms with E-state index in [1.54, 1.807) is 5.56 Å². The van der Waals surface area contributed by atoms with Crippen LogP contribution in [0.1, 0.15) is 129 Å². The third-order valence-corrected chi connectivity index (χ3v) is 14.7. The molecule has 10 rings (SSSR count). The van der Waals surface area contributed by atoms with E-state index in [1.165, 1.54) is 130 Å². The van der Waals surface area contributed by atoms with Crippen molar-refractivity contribution < 1.29 is 0 Å². The van der Waals surface area contributed by atoms with Crippen molar-refractivity contribution in [1.82, 2.24) is 0 Å². The summed E-state index contributed by atoms with van der Waals surface area (Å²) in [4.78, 5) is 2.56. The fraction of sp³-hybridized carbons (Fsp3) is 0.333. The number of fused-ring (bicyclic) bond motifs is 3. The maximum Gasteiger partial charge on any atom is 0.0540 e. The van der Waals surface area contributed by atoms with Gasteiger partial charge in [-0.1, -0.05) is 149 Å². The molecule has 6 aromatic carbocycles. The molecule has 4 aliphatic carbocycles. The van der Waals surface area contributed by atoms with Crippen molar-refractivity contribution in [3.8, 4) is 11.1 Å². The first kappa shape index (κ1) is 37.2. The Labute approximate surface area is 347 Å². The molecule has 0 radical (unpaired) electrons. The van der Waals surface area contributed by atoms with E-state index in [4.69, 9.17) is 0 Å². The van der Waals surface area contributed by atoms with Crippen LogP contribution in [0.3, 0.4) is 0 Å². The number of nitrogens with zero attached hydrogens (tertiary/aromatic N) is 1. The average Bonchev–Trinajstić information content (AvgIpc) is 3.95. The Balaban J connectivity index is 1.02. The molecule has 1 nitrogen and oxygen atoms in total. The summed E-state index contributed by atoms with van der Waals surface area (Å²) in [6.07, 6.45) is 22.6. The Bertz CT molecular complexity index is 2460. The third kappa shape index (κ3) is 7.16. The first-order valence-corrected chi connectivity index (χ1v) is 22.8. The molecule has 0 amide bonds. The van der Waals surface area contributed by atoms with E-state index in [-0.39, 0.29) is 0 Å². The predicted molar refractivity (Wildman–Crippen MR) is 248 cm³/mol. The van der Waals surface area contributed by atoms with Crippen molar-refractivity contribution in [3.63, 3.8) is 0 Å². The molecule has 0 aliphatic heterocycles. The van der Waals surface area contributed by atoms with Gasteiger partial charge in [0.1, 0.15) is 0 Å². The van der Waals surface area contributed by atoms with Crippen LogP contribution in [-0.2, 0) is 12.8 Å². The van der Waals surface area contributed by atoms with Gasteiger partial charge in [0, 0.05) is 22.7 Å². The lowest BCUT2D eigenvalue weighted by Crippen LogP contribution is -2.13. The highest BCUT2D eigenvalue weighted by Crippen LogP contribution is 2.53. The molecule has 58 heavy (non-hydrogen) atoms. The van der Waals surface area contributed by atoms with Gasteiger partial charge in [0.25, 0.3) is 0 Å². The second kappa shape index (κ2) is 16.2. The minimum Gasteiger partial charge on any atom is -0.310 e. The van der Waals surface area contributed by atoms with Gasteiger partial charge < -0.3 is 4.90 Å². The summed E-state index contributed by atoms with van der Waals surface area (Å²) in [5, 5.41) is 2.68. The fourth-order valence-corrected chi connectivity index (χ4v) is 11.5. The number of hydrogen-bond acceptors (Lipinski definition) is 1. The van der Waals surface area contributed by atoms with E-state index >= 15 is 0 Å². The number of benzene rings is 6. The minimum absolute atomic E-state index is 0.452. The van der Waals surface area contributed by atoms with Crippen molar-refractivity contribution in [2.75, 3.05) is 4.90 Å². The van der Waals surface area contributed by atoms with E-state index in [0.717, 1.165) is 37.0 Å². The van der Waals surface area contributed by atoms with Gasteiger partial charge in [-0.2, -0.15) is 0 Å². The first-order valence-electron chi connectivity index (χ1n) is 22.8. The van der Waals surface area contributed by atoms with Crippen molar-refractivity contribution in [2.45, 2.75) is 109 Å². The zero-order valence-corrected chi connectivity index (χ0v) is 34.7. The monoisotopic (exact) mass is 757 g/mol. The van der Waals surface area contributed by atoms with E-state index < -0.39 is 0 Å². The molecule has 4 atom stereocenters. The van der Waals surface area contributed by atoms with Crippen LogP contribution in [0, 0.1) is 11.8 Å². The van der Waals surface area contributed by atoms with Crippen molar-refractivity contribution >= 4 is 33.4 Å². The lowest BCUT2D eigenvalue weighted by atomic mass is 9.83. The second-order valence-corrected chi connectivity index (χ2v) is 18.0. The Morgan fingerprint density at radius 2 is 1.34 bits per heavy atom. The highest BCUT2D eigenvalue weighted by molar-refractivity contribution is 5.99. The molecule has 2 bridgehead atoms. The molecule has 3 fully saturated rings. The standard InChI is InChI=1S/C57H59N/c1-3-40-36-48(45-22-20-44(21-23-45)42-12-7-5-8-13-42)28-32-53(40)54-33-31-52(37-41(54)4-2)58(51-29-26-47(27-30-51)55-35-39-18-19-50(55)34-39)57-17-11-16-46-24-25-49(38-56(46)57)43-14-9-6-10-15-43/h5,7-8,11-13,16-17,20,22-33,36-39,43-44,50,55H,3-4,6,9-10,14-15,18-19,21,34-35H2,1-2H3. The number of rotatable bonds is 10. The van der Waals surface area contributed by atoms with Gasteiger partial charge in [-0.25, -0.2) is 0 Å². The minimum atomic E-state index is 0.452. The lowest BCUT2D eigenvalue weighted by Gasteiger charge is -2.29. The summed E-state index contributed by atoms with van der Waals surface area (Å²) in [5.74, 6) is 3.69. The molecule has 6 aromatic rings. The molecule has 0 N–H and O–H groups in total. The van der Waals surface area contributed by atoms with Gasteiger partial charge in [0.05, 0.1) is 5.69 Å². The summed E-state index contributed by atoms with van der Waals surface area (Å²) in [5.41, 5.74) is 16.4. The molecular formula is C57H59N. The molecular weight excluding hydrogens is 699 g/mol. The van der Waals surface area contributed by atoms with E-state index in [9.17, 15) is 0 Å². The maximum atomic E-state index is 2.56. The van der Waals surface area contributed by atoms with Crippen LogP contribution in [0.4, 0.5) is 17.1 Å². The molecule has 0 saturated heterocycles. The molecule has 0 heterocycles. The highest BCUT2D eigenvalue weighted by atomic mass is 15.1. The van der Waals surface area contributed by atoms with Crippen molar-refractivity contribution in [2.24, 2.45) is 11.8 Å². The van der Waals surface area contributed by atoms with E-state index in [0.29, 0.717) is 11.8 Å². The normalized spacial score (nSPS) is 21.7. The molecule has 4 aliphatic rings. The van der Waals surface area contributed by atoms with Gasteiger partial charge in [0.2, 0.25) is 0 Å². The highest BCUT2D eigenvalue weighted by Gasteiger charge is 2.40. The zero-order chi connectivity index (χ0) is 39.0. The van der Waals surface area contributed by atoms with Gasteiger partial charge >= 0.3 is 0 Å². The average molecular weight is 758 g/mol. The van der Waals surface area contributed by atoms with Gasteiger partial charge in [-0.3, -0.25) is 0 Å². The summed E-state index contributed by atoms with van der Waals surface area (Å²) in [6, 6.07) is 49.5. The second-order valence-electron chi connectivity index (χ2n) is 18.0. The van der Waals surface area contributed by atoms with Gasteiger partial charge in [-0.15, -0.1) is 0 Å². The molecule has 3 saturated carbocycles. The van der Waals surface area contributed by atoms with Crippen LogP contribution in [0.25, 0.3) is 27.5 Å². The Kier molecular flexibility index (Phi) is 10.4. The molecule has 292 valence electrons. The van der Waals surface area contributed by atoms with Crippen LogP contribution in [0.5, 0.6) is 0 Å². The molecule has 0 spiro atoms. The van der Waals surface area contributed by atoms with Gasteiger partial charge in [0.15, 0.2) is 0 Å².